The van der Waals surface area contributed by atoms with Gasteiger partial charge >= 0.3 is 0 Å². The quantitative estimate of drug-likeness (QED) is 0.402. The maximum atomic E-state index is 14.0. The van der Waals surface area contributed by atoms with Crippen LogP contribution in [0, 0.1) is 29.5 Å². The fourth-order valence-corrected chi connectivity index (χ4v) is 6.49. The van der Waals surface area contributed by atoms with E-state index >= 15 is 0 Å². The van der Waals surface area contributed by atoms with Crippen molar-refractivity contribution in [1.82, 2.24) is 9.97 Å². The number of allylic oxidation sites excluding steroid dienone is 2. The number of nitrogens with two attached hydrogens (primary N) is 1. The molecule has 2 aliphatic rings. The van der Waals surface area contributed by atoms with E-state index in [1.807, 2.05) is 13.0 Å². The molecule has 0 aliphatic heterocycles. The Bertz CT molecular complexity index is 1290. The zero-order valence-electron chi connectivity index (χ0n) is 19.7. The summed E-state index contributed by atoms with van der Waals surface area (Å²) >= 11 is 0. The lowest BCUT2D eigenvalue weighted by Gasteiger charge is -2.31. The Morgan fingerprint density at radius 2 is 2.09 bits per heavy atom. The number of carbonyl (C=O) groups excluding carboxylic acids is 1. The fraction of sp³-hybridized carbons (Fsp3) is 0.393. The minimum Gasteiger partial charge on any atom is -0.366 e. The zero-order chi connectivity index (χ0) is 24.0. The minimum atomic E-state index is -0.433. The number of fused-ring (bicyclic) bond motifs is 3. The van der Waals surface area contributed by atoms with Gasteiger partial charge in [-0.1, -0.05) is 13.0 Å². The Morgan fingerprint density at radius 3 is 2.76 bits per heavy atom. The monoisotopic (exact) mass is 458 g/mol. The lowest BCUT2D eigenvalue weighted by Crippen LogP contribution is -2.20. The Labute approximate surface area is 199 Å². The summed E-state index contributed by atoms with van der Waals surface area (Å²) in [5, 5.41) is 0. The number of carbonyl (C=O) groups is 1. The van der Waals surface area contributed by atoms with E-state index in [2.05, 4.69) is 29.7 Å². The van der Waals surface area contributed by atoms with Crippen molar-refractivity contribution in [3.63, 3.8) is 0 Å². The predicted octanol–water partition coefficient (Wildman–Crippen LogP) is 6.39. The lowest BCUT2D eigenvalue weighted by atomic mass is 9.74. The van der Waals surface area contributed by atoms with Crippen LogP contribution in [0.25, 0.3) is 16.6 Å². The summed E-state index contributed by atoms with van der Waals surface area (Å²) in [4.78, 5) is 23.8. The fourth-order valence-electron chi connectivity index (χ4n) is 6.49. The first-order valence-corrected chi connectivity index (χ1v) is 12.1. The highest BCUT2D eigenvalue weighted by molar-refractivity contribution is 5.96. The average Bonchev–Trinajstić information content (AvgIpc) is 3.53. The summed E-state index contributed by atoms with van der Waals surface area (Å²) in [5.74, 6) is 2.99. The van der Waals surface area contributed by atoms with Crippen molar-refractivity contribution in [3.8, 4) is 0 Å². The highest BCUT2D eigenvalue weighted by atomic mass is 19.1. The lowest BCUT2D eigenvalue weighted by molar-refractivity contribution is 0.100. The summed E-state index contributed by atoms with van der Waals surface area (Å²) in [6.07, 6.45) is 6.78. The Hall–Kier alpha value is -3.28. The number of aromatic amines is 1. The van der Waals surface area contributed by atoms with Crippen molar-refractivity contribution >= 4 is 34.9 Å². The molecule has 1 aromatic heterocycles. The molecular weight excluding hydrogens is 427 g/mol. The Morgan fingerprint density at radius 1 is 1.26 bits per heavy atom. The van der Waals surface area contributed by atoms with Gasteiger partial charge in [-0.25, -0.2) is 9.37 Å². The van der Waals surface area contributed by atoms with E-state index in [-0.39, 0.29) is 5.82 Å². The third kappa shape index (κ3) is 3.95. The van der Waals surface area contributed by atoms with Gasteiger partial charge in [0.1, 0.15) is 11.6 Å². The molecule has 2 aromatic carbocycles. The molecule has 5 nitrogen and oxygen atoms in total. The number of H-pyrrole nitrogens is 1. The summed E-state index contributed by atoms with van der Waals surface area (Å²) < 4.78 is 14.0. The second-order valence-electron chi connectivity index (χ2n) is 10.0. The second-order valence-corrected chi connectivity index (χ2v) is 10.0. The number of imidazole rings is 1. The molecule has 6 heteroatoms. The van der Waals surface area contributed by atoms with Crippen LogP contribution in [0.2, 0.25) is 0 Å². The van der Waals surface area contributed by atoms with Crippen LogP contribution < -0.4 is 5.73 Å². The molecule has 1 heterocycles. The number of nitrogens with zero attached hydrogens (tertiary/aromatic N) is 2. The van der Waals surface area contributed by atoms with E-state index in [4.69, 9.17) is 10.7 Å². The molecule has 2 fully saturated rings. The molecule has 5 atom stereocenters. The van der Waals surface area contributed by atoms with Gasteiger partial charge in [0.15, 0.2) is 0 Å². The topological polar surface area (TPSA) is 84.1 Å². The van der Waals surface area contributed by atoms with Crippen LogP contribution in [0.5, 0.6) is 0 Å². The number of aromatic nitrogens is 2. The van der Waals surface area contributed by atoms with Crippen LogP contribution in [-0.4, -0.2) is 22.6 Å². The first kappa shape index (κ1) is 22.5. The number of aliphatic imine (C=N–C) groups is 1. The van der Waals surface area contributed by atoms with Crippen LogP contribution in [0.15, 0.2) is 47.5 Å². The Balaban J connectivity index is 1.29. The average molecular weight is 459 g/mol. The number of primary amides is 1. The maximum absolute atomic E-state index is 14.0. The number of amides is 1. The molecule has 0 spiro atoms. The second kappa shape index (κ2) is 8.82. The van der Waals surface area contributed by atoms with E-state index in [1.165, 1.54) is 24.5 Å². The number of halogens is 1. The minimum absolute atomic E-state index is 0.231. The molecule has 2 aliphatic carbocycles. The van der Waals surface area contributed by atoms with Gasteiger partial charge in [-0.2, -0.15) is 0 Å². The third-order valence-electron chi connectivity index (χ3n) is 8.06. The molecule has 176 valence electrons. The number of benzene rings is 2. The van der Waals surface area contributed by atoms with Crippen molar-refractivity contribution in [2.45, 2.75) is 45.4 Å². The molecule has 3 N–H and O–H groups in total. The van der Waals surface area contributed by atoms with E-state index < -0.39 is 5.91 Å². The van der Waals surface area contributed by atoms with Crippen LogP contribution in [-0.2, 0) is 0 Å². The van der Waals surface area contributed by atoms with E-state index in [9.17, 15) is 9.18 Å². The molecular formula is C28H31FN4O. The summed E-state index contributed by atoms with van der Waals surface area (Å²) in [7, 11) is 0. The molecule has 2 bridgehead atoms. The highest BCUT2D eigenvalue weighted by Crippen LogP contribution is 2.58. The van der Waals surface area contributed by atoms with Crippen molar-refractivity contribution in [3.05, 3.63) is 65.2 Å². The van der Waals surface area contributed by atoms with Gasteiger partial charge < -0.3 is 10.7 Å². The standard InChI is InChI=1S/C28H31FN4O/c1-4-21(23-14-20(29)6-8-24(23)31-3)22-12-18-11-19(22)10-17(18)9-15(2)28-32-25-7-5-16(27(30)34)13-26(25)33-28/h4-8,13-15,17-19,22H,3,9-12H2,1-2H3,(H2,30,34)(H,32,33)/b21-4-/t15-,17?,18?,19?,22?/m1/s1. The van der Waals surface area contributed by atoms with E-state index in [0.717, 1.165) is 41.0 Å². The molecule has 3 aromatic rings. The van der Waals surface area contributed by atoms with Gasteiger partial charge in [0.25, 0.3) is 0 Å². The SMILES string of the molecule is C=Nc1ccc(F)cc1/C(=C\C)C1CC2CC1CC2C[C@@H](C)c1nc2ccc(C(N)=O)cc2[nH]1. The van der Waals surface area contributed by atoms with Gasteiger partial charge in [0.2, 0.25) is 5.91 Å². The summed E-state index contributed by atoms with van der Waals surface area (Å²) in [5.41, 5.74) is 10.5. The van der Waals surface area contributed by atoms with Crippen LogP contribution in [0.4, 0.5) is 10.1 Å². The molecule has 34 heavy (non-hydrogen) atoms. The van der Waals surface area contributed by atoms with E-state index in [0.29, 0.717) is 35.2 Å². The molecule has 5 rings (SSSR count). The number of nitrogens with one attached hydrogen (secondary N) is 1. The number of hydrogen-bond acceptors (Lipinski definition) is 3. The molecule has 4 unspecified atom stereocenters. The van der Waals surface area contributed by atoms with Gasteiger partial charge in [-0.05, 0) is 105 Å². The van der Waals surface area contributed by atoms with Gasteiger partial charge in [0, 0.05) is 17.0 Å². The van der Waals surface area contributed by atoms with Crippen molar-refractivity contribution < 1.29 is 9.18 Å². The normalized spacial score (nSPS) is 25.1. The summed E-state index contributed by atoms with van der Waals surface area (Å²) in [6, 6.07) is 10.1. The van der Waals surface area contributed by atoms with Crippen molar-refractivity contribution in [1.29, 1.82) is 0 Å². The largest absolute Gasteiger partial charge is 0.366 e. The first-order valence-electron chi connectivity index (χ1n) is 12.1. The maximum Gasteiger partial charge on any atom is 0.248 e. The zero-order valence-corrected chi connectivity index (χ0v) is 19.7. The van der Waals surface area contributed by atoms with Gasteiger partial charge in [-0.15, -0.1) is 0 Å². The predicted molar refractivity (Wildman–Crippen MR) is 135 cm³/mol. The Kier molecular flexibility index (Phi) is 5.84. The highest BCUT2D eigenvalue weighted by Gasteiger charge is 2.47. The third-order valence-corrected chi connectivity index (χ3v) is 8.06. The summed E-state index contributed by atoms with van der Waals surface area (Å²) in [6.45, 7) is 7.95. The molecule has 0 saturated heterocycles. The molecule has 2 saturated carbocycles. The van der Waals surface area contributed by atoms with Crippen molar-refractivity contribution in [2.75, 3.05) is 0 Å². The van der Waals surface area contributed by atoms with Crippen LogP contribution in [0.3, 0.4) is 0 Å². The molecule has 1 amide bonds. The van der Waals surface area contributed by atoms with Crippen molar-refractivity contribution in [2.24, 2.45) is 34.4 Å². The smallest absolute Gasteiger partial charge is 0.248 e. The van der Waals surface area contributed by atoms with Gasteiger partial charge in [-0.3, -0.25) is 9.79 Å². The van der Waals surface area contributed by atoms with Gasteiger partial charge in [0.05, 0.1) is 16.7 Å². The van der Waals surface area contributed by atoms with E-state index in [1.54, 1.807) is 24.3 Å². The molecule has 0 radical (unpaired) electrons. The number of hydrogen-bond donors (Lipinski definition) is 2. The number of rotatable bonds is 7. The van der Waals surface area contributed by atoms with Crippen LogP contribution >= 0.6 is 0 Å². The van der Waals surface area contributed by atoms with Crippen LogP contribution in [0.1, 0.15) is 67.2 Å². The first-order chi connectivity index (χ1) is 16.4.